The summed E-state index contributed by atoms with van der Waals surface area (Å²) in [6, 6.07) is 16.5. The van der Waals surface area contributed by atoms with Crippen molar-refractivity contribution in [2.75, 3.05) is 26.2 Å². The van der Waals surface area contributed by atoms with Gasteiger partial charge in [-0.3, -0.25) is 4.79 Å². The van der Waals surface area contributed by atoms with Crippen LogP contribution in [-0.4, -0.2) is 49.7 Å². The minimum atomic E-state index is -3.50. The van der Waals surface area contributed by atoms with E-state index in [0.717, 1.165) is 11.1 Å². The second-order valence-electron chi connectivity index (χ2n) is 6.26. The zero-order valence-electron chi connectivity index (χ0n) is 14.3. The first-order valence-corrected chi connectivity index (χ1v) is 9.79. The van der Waals surface area contributed by atoms with E-state index in [2.05, 4.69) is 0 Å². The van der Waals surface area contributed by atoms with Gasteiger partial charge in [0.2, 0.25) is 15.9 Å². The second-order valence-corrected chi connectivity index (χ2v) is 8.20. The molecule has 132 valence electrons. The number of hydrogen-bond donors (Lipinski definition) is 0. The Kier molecular flexibility index (Phi) is 5.20. The number of carbonyl (C=O) groups is 1. The standard InChI is InChI=1S/C19H22N2O3S/c1-16-6-5-9-18(14-16)25(23,24)21-12-10-20(11-13-21)19(22)15-17-7-3-2-4-8-17/h2-9,14H,10-13,15H2,1H3. The lowest BCUT2D eigenvalue weighted by Gasteiger charge is -2.34. The van der Waals surface area contributed by atoms with E-state index in [1.807, 2.05) is 43.3 Å². The first-order chi connectivity index (χ1) is 12.0. The highest BCUT2D eigenvalue weighted by Gasteiger charge is 2.30. The number of benzene rings is 2. The normalized spacial score (nSPS) is 16.0. The number of hydrogen-bond acceptors (Lipinski definition) is 3. The van der Waals surface area contributed by atoms with Crippen molar-refractivity contribution in [2.45, 2.75) is 18.2 Å². The van der Waals surface area contributed by atoms with Crippen LogP contribution >= 0.6 is 0 Å². The van der Waals surface area contributed by atoms with E-state index in [-0.39, 0.29) is 5.91 Å². The van der Waals surface area contributed by atoms with Gasteiger partial charge in [0.15, 0.2) is 0 Å². The Bertz CT molecular complexity index is 842. The monoisotopic (exact) mass is 358 g/mol. The summed E-state index contributed by atoms with van der Waals surface area (Å²) in [6.07, 6.45) is 0.353. The van der Waals surface area contributed by atoms with E-state index in [1.165, 1.54) is 4.31 Å². The van der Waals surface area contributed by atoms with Crippen LogP contribution in [0.25, 0.3) is 0 Å². The van der Waals surface area contributed by atoms with Crippen molar-refractivity contribution < 1.29 is 13.2 Å². The molecule has 1 fully saturated rings. The lowest BCUT2D eigenvalue weighted by molar-refractivity contribution is -0.131. The largest absolute Gasteiger partial charge is 0.340 e. The van der Waals surface area contributed by atoms with Crippen LogP contribution in [0.1, 0.15) is 11.1 Å². The molecule has 0 spiro atoms. The van der Waals surface area contributed by atoms with E-state index in [4.69, 9.17) is 0 Å². The summed E-state index contributed by atoms with van der Waals surface area (Å²) in [5.41, 5.74) is 1.89. The number of carbonyl (C=O) groups excluding carboxylic acids is 1. The minimum absolute atomic E-state index is 0.0406. The molecular weight excluding hydrogens is 336 g/mol. The number of rotatable bonds is 4. The van der Waals surface area contributed by atoms with Crippen molar-refractivity contribution in [3.63, 3.8) is 0 Å². The van der Waals surface area contributed by atoms with Crippen molar-refractivity contribution in [3.8, 4) is 0 Å². The van der Waals surface area contributed by atoms with E-state index < -0.39 is 10.0 Å². The van der Waals surface area contributed by atoms with Crippen LogP contribution < -0.4 is 0 Å². The maximum Gasteiger partial charge on any atom is 0.243 e. The third-order valence-electron chi connectivity index (χ3n) is 4.42. The third-order valence-corrected chi connectivity index (χ3v) is 6.31. The predicted molar refractivity (Wildman–Crippen MR) is 96.7 cm³/mol. The second kappa shape index (κ2) is 7.37. The van der Waals surface area contributed by atoms with Gasteiger partial charge in [0.25, 0.3) is 0 Å². The predicted octanol–water partition coefficient (Wildman–Crippen LogP) is 2.07. The summed E-state index contributed by atoms with van der Waals surface area (Å²) in [5, 5.41) is 0. The Morgan fingerprint density at radius 2 is 1.64 bits per heavy atom. The minimum Gasteiger partial charge on any atom is -0.340 e. The van der Waals surface area contributed by atoms with Gasteiger partial charge in [-0.1, -0.05) is 42.5 Å². The molecule has 1 amide bonds. The molecule has 0 radical (unpaired) electrons. The number of aryl methyl sites for hydroxylation is 1. The van der Waals surface area contributed by atoms with Crippen LogP contribution in [0.2, 0.25) is 0 Å². The highest BCUT2D eigenvalue weighted by atomic mass is 32.2. The summed E-state index contributed by atoms with van der Waals surface area (Å²) < 4.78 is 26.9. The number of sulfonamides is 1. The molecule has 0 bridgehead atoms. The number of nitrogens with zero attached hydrogens (tertiary/aromatic N) is 2. The average Bonchev–Trinajstić information content (AvgIpc) is 2.62. The van der Waals surface area contributed by atoms with Gasteiger partial charge in [0.1, 0.15) is 0 Å². The van der Waals surface area contributed by atoms with Crippen molar-refractivity contribution in [1.29, 1.82) is 0 Å². The Morgan fingerprint density at radius 1 is 0.960 bits per heavy atom. The van der Waals surface area contributed by atoms with Gasteiger partial charge in [0, 0.05) is 26.2 Å². The summed E-state index contributed by atoms with van der Waals surface area (Å²) in [7, 11) is -3.50. The van der Waals surface area contributed by atoms with Gasteiger partial charge in [-0.05, 0) is 30.2 Å². The topological polar surface area (TPSA) is 57.7 Å². The zero-order chi connectivity index (χ0) is 17.9. The Hall–Kier alpha value is -2.18. The molecule has 0 N–H and O–H groups in total. The Labute approximate surface area is 148 Å². The lowest BCUT2D eigenvalue weighted by Crippen LogP contribution is -2.50. The van der Waals surface area contributed by atoms with Crippen molar-refractivity contribution >= 4 is 15.9 Å². The highest BCUT2D eigenvalue weighted by Crippen LogP contribution is 2.19. The fourth-order valence-electron chi connectivity index (χ4n) is 2.99. The molecule has 0 saturated carbocycles. The van der Waals surface area contributed by atoms with E-state index in [0.29, 0.717) is 37.5 Å². The molecule has 0 aliphatic carbocycles. The van der Waals surface area contributed by atoms with Crippen LogP contribution in [0.15, 0.2) is 59.5 Å². The molecular formula is C19H22N2O3S. The SMILES string of the molecule is Cc1cccc(S(=O)(=O)N2CCN(C(=O)Cc3ccccc3)CC2)c1. The lowest BCUT2D eigenvalue weighted by atomic mass is 10.1. The van der Waals surface area contributed by atoms with E-state index in [9.17, 15) is 13.2 Å². The molecule has 25 heavy (non-hydrogen) atoms. The molecule has 2 aromatic rings. The average molecular weight is 358 g/mol. The molecule has 0 atom stereocenters. The molecule has 1 heterocycles. The molecule has 0 aromatic heterocycles. The smallest absolute Gasteiger partial charge is 0.243 e. The molecule has 1 aliphatic rings. The molecule has 3 rings (SSSR count). The Morgan fingerprint density at radius 3 is 2.28 bits per heavy atom. The first kappa shape index (κ1) is 17.6. The Balaban J connectivity index is 1.62. The van der Waals surface area contributed by atoms with Gasteiger partial charge in [0.05, 0.1) is 11.3 Å². The zero-order valence-corrected chi connectivity index (χ0v) is 15.1. The highest BCUT2D eigenvalue weighted by molar-refractivity contribution is 7.89. The van der Waals surface area contributed by atoms with Gasteiger partial charge in [-0.2, -0.15) is 4.31 Å². The van der Waals surface area contributed by atoms with Gasteiger partial charge >= 0.3 is 0 Å². The van der Waals surface area contributed by atoms with Crippen LogP contribution in [0.4, 0.5) is 0 Å². The van der Waals surface area contributed by atoms with Crippen LogP contribution in [0, 0.1) is 6.92 Å². The molecule has 1 saturated heterocycles. The van der Waals surface area contributed by atoms with Crippen molar-refractivity contribution in [1.82, 2.24) is 9.21 Å². The quantitative estimate of drug-likeness (QED) is 0.841. The van der Waals surface area contributed by atoms with Crippen LogP contribution in [0.5, 0.6) is 0 Å². The maximum atomic E-state index is 12.7. The fraction of sp³-hybridized carbons (Fsp3) is 0.316. The van der Waals surface area contributed by atoms with Crippen LogP contribution in [-0.2, 0) is 21.2 Å². The van der Waals surface area contributed by atoms with Gasteiger partial charge in [-0.15, -0.1) is 0 Å². The molecule has 5 nitrogen and oxygen atoms in total. The van der Waals surface area contributed by atoms with E-state index >= 15 is 0 Å². The summed E-state index contributed by atoms with van der Waals surface area (Å²) in [4.78, 5) is 14.5. The fourth-order valence-corrected chi connectivity index (χ4v) is 4.51. The van der Waals surface area contributed by atoms with Crippen molar-refractivity contribution in [3.05, 3.63) is 65.7 Å². The summed E-state index contributed by atoms with van der Waals surface area (Å²) in [5.74, 6) is 0.0406. The van der Waals surface area contributed by atoms with Crippen molar-refractivity contribution in [2.24, 2.45) is 0 Å². The molecule has 0 unspecified atom stereocenters. The first-order valence-electron chi connectivity index (χ1n) is 8.35. The molecule has 1 aliphatic heterocycles. The molecule has 2 aromatic carbocycles. The summed E-state index contributed by atoms with van der Waals surface area (Å²) in [6.45, 7) is 3.39. The van der Waals surface area contributed by atoms with Gasteiger partial charge in [-0.25, -0.2) is 8.42 Å². The number of piperazine rings is 1. The number of amides is 1. The summed E-state index contributed by atoms with van der Waals surface area (Å²) >= 11 is 0. The third kappa shape index (κ3) is 4.08. The van der Waals surface area contributed by atoms with Crippen LogP contribution in [0.3, 0.4) is 0 Å². The maximum absolute atomic E-state index is 12.7. The van der Waals surface area contributed by atoms with E-state index in [1.54, 1.807) is 23.1 Å². The van der Waals surface area contributed by atoms with Gasteiger partial charge < -0.3 is 4.90 Å². The molecule has 6 heteroatoms.